The highest BCUT2D eigenvalue weighted by atomic mass is 16.2. The summed E-state index contributed by atoms with van der Waals surface area (Å²) in [7, 11) is 0. The number of rotatable bonds is 2. The molecule has 0 saturated carbocycles. The van der Waals surface area contributed by atoms with Crippen LogP contribution in [0.5, 0.6) is 0 Å². The maximum absolute atomic E-state index is 11.8. The number of piperidine rings is 2. The average molecular weight is 441 g/mol. The number of carbonyl (C=O) groups is 3. The molecule has 3 amide bonds. The number of hydrogen-bond donors (Lipinski definition) is 2. The van der Waals surface area contributed by atoms with E-state index < -0.39 is 5.54 Å². The van der Waals surface area contributed by atoms with Crippen molar-refractivity contribution in [2.75, 3.05) is 36.0 Å². The van der Waals surface area contributed by atoms with Gasteiger partial charge in [0, 0.05) is 53.4 Å². The molecule has 3 aliphatic heterocycles. The molecule has 5 rings (SSSR count). The van der Waals surface area contributed by atoms with E-state index >= 15 is 0 Å². The number of imide groups is 1. The number of ketones is 1. The molecule has 0 unspecified atom stereocenters. The minimum absolute atomic E-state index is 0. The number of nitrogens with one attached hydrogen (secondary N) is 2. The lowest BCUT2D eigenvalue weighted by atomic mass is 9.87. The summed E-state index contributed by atoms with van der Waals surface area (Å²) in [4.78, 5) is 38.5. The van der Waals surface area contributed by atoms with E-state index in [1.54, 1.807) is 0 Å². The Balaban J connectivity index is 0.000000227. The number of Topliss-reactive ketones (excluding diaryl/α,β-unsaturated/α-hetero) is 1. The zero-order valence-electron chi connectivity index (χ0n) is 19.5. The van der Waals surface area contributed by atoms with Crippen LogP contribution in [0.2, 0.25) is 0 Å². The summed E-state index contributed by atoms with van der Waals surface area (Å²) in [5.74, 6) is 0.215. The van der Waals surface area contributed by atoms with E-state index in [1.807, 2.05) is 36.4 Å². The van der Waals surface area contributed by atoms with Crippen LogP contribution in [0.1, 0.15) is 36.1 Å². The highest BCUT2D eigenvalue weighted by molar-refractivity contribution is 6.07. The van der Waals surface area contributed by atoms with Gasteiger partial charge in [-0.25, -0.2) is 4.79 Å². The van der Waals surface area contributed by atoms with E-state index in [2.05, 4.69) is 44.7 Å². The van der Waals surface area contributed by atoms with Crippen molar-refractivity contribution in [3.05, 3.63) is 60.7 Å². The van der Waals surface area contributed by atoms with Crippen molar-refractivity contribution in [2.24, 2.45) is 0 Å². The van der Waals surface area contributed by atoms with Crippen molar-refractivity contribution in [1.82, 2.24) is 10.6 Å². The van der Waals surface area contributed by atoms with E-state index in [0.717, 1.165) is 31.9 Å². The van der Waals surface area contributed by atoms with Gasteiger partial charge in [0.05, 0.1) is 0 Å². The van der Waals surface area contributed by atoms with Gasteiger partial charge in [-0.2, -0.15) is 0 Å². The van der Waals surface area contributed by atoms with Gasteiger partial charge in [0.25, 0.3) is 5.91 Å². The molecule has 7 nitrogen and oxygen atoms in total. The first-order chi connectivity index (χ1) is 16.1. The lowest BCUT2D eigenvalue weighted by Gasteiger charge is -2.38. The van der Waals surface area contributed by atoms with Crippen LogP contribution in [0, 0.1) is 0 Å². The lowest BCUT2D eigenvalue weighted by molar-refractivity contribution is -0.124. The summed E-state index contributed by atoms with van der Waals surface area (Å²) < 4.78 is 10.0. The Bertz CT molecular complexity index is 926. The molecule has 2 aromatic carbocycles. The summed E-state index contributed by atoms with van der Waals surface area (Å²) in [6.45, 7) is 3.31. The van der Waals surface area contributed by atoms with Gasteiger partial charge in [-0.05, 0) is 37.1 Å². The van der Waals surface area contributed by atoms with Crippen LogP contribution in [0.15, 0.2) is 60.7 Å². The number of urea groups is 1. The zero-order valence-corrected chi connectivity index (χ0v) is 17.5. The zero-order chi connectivity index (χ0) is 23.7. The number of para-hydroxylation sites is 2. The third kappa shape index (κ3) is 5.28. The second-order valence-corrected chi connectivity index (χ2v) is 8.17. The van der Waals surface area contributed by atoms with E-state index in [1.165, 1.54) is 5.69 Å². The number of hydrogen-bond acceptors (Lipinski definition) is 5. The van der Waals surface area contributed by atoms with Gasteiger partial charge in [0.2, 0.25) is 0 Å². The van der Waals surface area contributed by atoms with Crippen molar-refractivity contribution in [1.29, 1.82) is 0 Å². The first-order valence-electron chi connectivity index (χ1n) is 11.8. The largest absolute Gasteiger partial charge is 0.371 e. The maximum atomic E-state index is 11.8. The highest BCUT2D eigenvalue weighted by Crippen LogP contribution is 2.28. The third-order valence-electron chi connectivity index (χ3n) is 6.20. The SMILES string of the molecule is C.O=C1CCN(c2ccccc2)CC1.O=C1NC(=O)C2(CCN(c3ccccc3)CC2)N1.[2H][2H]. The van der Waals surface area contributed by atoms with Gasteiger partial charge in [-0.3, -0.25) is 14.9 Å². The van der Waals surface area contributed by atoms with Crippen molar-refractivity contribution in [2.45, 2.75) is 38.6 Å². The third-order valence-corrected chi connectivity index (χ3v) is 6.20. The van der Waals surface area contributed by atoms with Crippen LogP contribution in [0.3, 0.4) is 0 Å². The number of benzene rings is 2. The average Bonchev–Trinajstić information content (AvgIpc) is 3.15. The molecule has 3 aliphatic rings. The molecular formula is C25H34N4O3. The first-order valence-corrected chi connectivity index (χ1v) is 10.8. The summed E-state index contributed by atoms with van der Waals surface area (Å²) >= 11 is 0. The first kappa shape index (κ1) is 21.9. The Labute approximate surface area is 192 Å². The molecule has 3 saturated heterocycles. The summed E-state index contributed by atoms with van der Waals surface area (Å²) in [6.07, 6.45) is 2.71. The summed E-state index contributed by atoms with van der Waals surface area (Å²) in [6, 6.07) is 20.0. The normalized spacial score (nSPS) is 19.7. The molecule has 2 N–H and O–H groups in total. The Morgan fingerprint density at radius 2 is 1.22 bits per heavy atom. The molecule has 32 heavy (non-hydrogen) atoms. The minimum Gasteiger partial charge on any atom is -0.371 e. The number of amides is 3. The summed E-state index contributed by atoms with van der Waals surface area (Å²) in [5.41, 5.74) is 1.72. The fraction of sp³-hybridized carbons (Fsp3) is 0.400. The molecule has 0 radical (unpaired) electrons. The Morgan fingerprint density at radius 3 is 1.66 bits per heavy atom. The molecule has 0 bridgehead atoms. The van der Waals surface area contributed by atoms with Gasteiger partial charge in [0.1, 0.15) is 11.3 Å². The second-order valence-electron chi connectivity index (χ2n) is 8.17. The Morgan fingerprint density at radius 1 is 0.750 bits per heavy atom. The van der Waals surface area contributed by atoms with Gasteiger partial charge in [0.15, 0.2) is 0 Å². The molecule has 7 heteroatoms. The second kappa shape index (κ2) is 10.3. The smallest absolute Gasteiger partial charge is 0.322 e. The van der Waals surface area contributed by atoms with E-state index in [0.29, 0.717) is 31.5 Å². The molecule has 172 valence electrons. The minimum atomic E-state index is -0.678. The van der Waals surface area contributed by atoms with Crippen LogP contribution < -0.4 is 20.4 Å². The monoisotopic (exact) mass is 440 g/mol. The van der Waals surface area contributed by atoms with Gasteiger partial charge in [-0.1, -0.05) is 43.8 Å². The molecule has 0 atom stereocenters. The van der Waals surface area contributed by atoms with E-state index in [-0.39, 0.29) is 19.4 Å². The molecular weight excluding hydrogens is 404 g/mol. The Hall–Kier alpha value is -3.35. The van der Waals surface area contributed by atoms with E-state index in [4.69, 9.17) is 2.97 Å². The topological polar surface area (TPSA) is 81.8 Å². The van der Waals surface area contributed by atoms with Crippen LogP contribution in [-0.2, 0) is 9.59 Å². The van der Waals surface area contributed by atoms with Crippen LogP contribution >= 0.6 is 0 Å². The molecule has 0 aliphatic carbocycles. The number of nitrogens with zero attached hydrogens (tertiary/aromatic N) is 2. The van der Waals surface area contributed by atoms with Gasteiger partial charge < -0.3 is 15.1 Å². The van der Waals surface area contributed by atoms with Gasteiger partial charge in [-0.15, -0.1) is 0 Å². The molecule has 1 spiro atoms. The molecule has 3 fully saturated rings. The van der Waals surface area contributed by atoms with Crippen molar-refractivity contribution >= 4 is 29.1 Å². The quantitative estimate of drug-likeness (QED) is 0.698. The fourth-order valence-corrected chi connectivity index (χ4v) is 4.32. The summed E-state index contributed by atoms with van der Waals surface area (Å²) in [5, 5.41) is 5.09. The number of anilines is 2. The standard InChI is InChI=1S/C13H15N3O2.C11H13NO.CH4.H2/c17-11-13(15-12(18)14-11)6-8-16(9-7-13)10-4-2-1-3-5-10;13-11-6-8-12(9-7-11)10-4-2-1-3-5-10;;/h1-5H,6-9H2,(H2,14,15,17,18);1-5H,6-9H2;1H4;1H/i;;;1+1D. The molecule has 0 aromatic heterocycles. The highest BCUT2D eigenvalue weighted by Gasteiger charge is 2.47. The lowest BCUT2D eigenvalue weighted by Crippen LogP contribution is -2.54. The Kier molecular flexibility index (Phi) is 7.04. The van der Waals surface area contributed by atoms with Crippen LogP contribution in [0.4, 0.5) is 16.2 Å². The number of carbonyl (C=O) groups excluding carboxylic acids is 3. The predicted octanol–water partition coefficient (Wildman–Crippen LogP) is 3.60. The van der Waals surface area contributed by atoms with Crippen molar-refractivity contribution in [3.63, 3.8) is 0 Å². The van der Waals surface area contributed by atoms with Crippen LogP contribution in [0.25, 0.3) is 0 Å². The molecule has 2 aromatic rings. The van der Waals surface area contributed by atoms with Crippen molar-refractivity contribution in [3.8, 4) is 0 Å². The maximum Gasteiger partial charge on any atom is 0.322 e. The van der Waals surface area contributed by atoms with E-state index in [9.17, 15) is 14.4 Å². The fourth-order valence-electron chi connectivity index (χ4n) is 4.32. The molecule has 3 heterocycles. The van der Waals surface area contributed by atoms with Gasteiger partial charge >= 0.3 is 6.03 Å². The predicted molar refractivity (Wildman–Crippen MR) is 129 cm³/mol. The van der Waals surface area contributed by atoms with Crippen molar-refractivity contribution < 1.29 is 17.4 Å². The van der Waals surface area contributed by atoms with Crippen LogP contribution in [-0.4, -0.2) is 49.4 Å².